The normalized spacial score (nSPS) is 9.59. The largest absolute Gasteiger partial charge is 0.0622 e. The molecule has 0 amide bonds. The summed E-state index contributed by atoms with van der Waals surface area (Å²) in [7, 11) is -0.446. The third-order valence-electron chi connectivity index (χ3n) is 3.04. The van der Waals surface area contributed by atoms with Gasteiger partial charge in [0, 0.05) is 0 Å². The van der Waals surface area contributed by atoms with Gasteiger partial charge in [0.15, 0.2) is 0 Å². The predicted octanol–water partition coefficient (Wildman–Crippen LogP) is 2.78. The van der Waals surface area contributed by atoms with E-state index in [0.29, 0.717) is 0 Å². The van der Waals surface area contributed by atoms with Gasteiger partial charge in [-0.2, -0.15) is 0 Å². The van der Waals surface area contributed by atoms with E-state index in [1.165, 1.54) is 20.4 Å². The first-order valence-corrected chi connectivity index (χ1v) is 8.99. The Bertz CT molecular complexity index is 614. The molecule has 112 valence electrons. The molecule has 0 aliphatic heterocycles. The Hall–Kier alpha value is -1.71. The maximum Gasteiger partial charge on any atom is -0.0134 e. The molecule has 0 bridgehead atoms. The average molecular weight is 394 g/mol. The van der Waals surface area contributed by atoms with Crippen LogP contribution in [0, 0.1) is 0 Å². The predicted molar refractivity (Wildman–Crippen MR) is 92.2 cm³/mol. The number of hydrogen-bond acceptors (Lipinski definition) is 1. The summed E-state index contributed by atoms with van der Waals surface area (Å²) in [5.74, 6) is 0. The smallest absolute Gasteiger partial charge is 0.0134 e. The van der Waals surface area contributed by atoms with Crippen LogP contribution in [0.1, 0.15) is 0 Å². The molecule has 3 rings (SSSR count). The van der Waals surface area contributed by atoms with Crippen LogP contribution in [0.4, 0.5) is 0 Å². The van der Waals surface area contributed by atoms with E-state index < -0.39 is 7.92 Å². The maximum atomic E-state index is 8.65. The van der Waals surface area contributed by atoms with Crippen LogP contribution in [-0.2, 0) is 22.6 Å². The molecule has 0 fully saturated rings. The van der Waals surface area contributed by atoms with E-state index in [0.717, 1.165) is 0 Å². The van der Waals surface area contributed by atoms with Crippen molar-refractivity contribution in [2.24, 2.45) is 0 Å². The molecule has 0 saturated carbocycles. The van der Waals surface area contributed by atoms with Crippen LogP contribution in [-0.4, -0.2) is 4.47 Å². The molecule has 3 aromatic rings. The summed E-state index contributed by atoms with van der Waals surface area (Å²) in [4.78, 5) is 8.65. The van der Waals surface area contributed by atoms with Gasteiger partial charge in [0.1, 0.15) is 0 Å². The van der Waals surface area contributed by atoms with E-state index in [1.807, 2.05) is 0 Å². The zero-order valence-corrected chi connectivity index (χ0v) is 14.5. The van der Waals surface area contributed by atoms with Gasteiger partial charge in [-0.05, 0) is 23.8 Å². The minimum Gasteiger partial charge on any atom is -0.0622 e. The van der Waals surface area contributed by atoms with Crippen LogP contribution in [0.3, 0.4) is 0 Å². The number of carbonyl (C=O) groups excluding carboxylic acids is 1. The number of rotatable bonds is 3. The van der Waals surface area contributed by atoms with Crippen molar-refractivity contribution >= 4 is 28.3 Å². The summed E-state index contributed by atoms with van der Waals surface area (Å²) in [5.41, 5.74) is 0. The van der Waals surface area contributed by atoms with Crippen molar-refractivity contribution in [1.82, 2.24) is 0 Å². The van der Waals surface area contributed by atoms with Crippen molar-refractivity contribution < 1.29 is 22.6 Å². The van der Waals surface area contributed by atoms with Crippen molar-refractivity contribution in [2.45, 2.75) is 0 Å². The third-order valence-corrected chi connectivity index (χ3v) is 5.49. The van der Waals surface area contributed by atoms with E-state index in [-0.39, 0.29) is 0 Å². The Morgan fingerprint density at radius 1 is 0.591 bits per heavy atom. The summed E-state index contributed by atoms with van der Waals surface area (Å²) in [6.45, 7) is 0. The van der Waals surface area contributed by atoms with Crippen molar-refractivity contribution in [3.8, 4) is 0 Å². The standard InChI is InChI=1S/C18H15P.CO.Rh.H/c1-4-10-16(11-5-1)19(17-12-6-2-7-13-17)18-14-8-3-9-15-18;1-2;;/h1-15H;;;. The fourth-order valence-electron chi connectivity index (χ4n) is 2.18. The number of hydrogen-bond donors (Lipinski definition) is 0. The van der Waals surface area contributed by atoms with E-state index in [2.05, 4.69) is 91.0 Å². The first kappa shape index (κ1) is 16.7. The molecule has 0 aliphatic rings. The second-order valence-electron chi connectivity index (χ2n) is 4.41. The van der Waals surface area contributed by atoms with Crippen LogP contribution in [0.25, 0.3) is 0 Å². The van der Waals surface area contributed by atoms with Gasteiger partial charge in [-0.25, -0.2) is 0 Å². The molecule has 0 radical (unpaired) electrons. The Balaban J connectivity index is 0.000000545. The summed E-state index contributed by atoms with van der Waals surface area (Å²) >= 11 is 1.70. The Kier molecular flexibility index (Phi) is 7.07. The van der Waals surface area contributed by atoms with E-state index in [9.17, 15) is 0 Å². The Morgan fingerprint density at radius 2 is 0.818 bits per heavy atom. The summed E-state index contributed by atoms with van der Waals surface area (Å²) in [6, 6.07) is 32.3. The van der Waals surface area contributed by atoms with Gasteiger partial charge in [-0.1, -0.05) is 91.0 Å². The van der Waals surface area contributed by atoms with Gasteiger partial charge in [0.25, 0.3) is 0 Å². The molecule has 0 heterocycles. The Morgan fingerprint density at radius 3 is 1.05 bits per heavy atom. The molecule has 3 aromatic carbocycles. The molecular weight excluding hydrogens is 378 g/mol. The summed E-state index contributed by atoms with van der Waals surface area (Å²) < 4.78 is 1.43. The van der Waals surface area contributed by atoms with Crippen LogP contribution in [0.2, 0.25) is 0 Å². The Labute approximate surface area is 142 Å². The zero-order valence-electron chi connectivity index (χ0n) is 11.9. The van der Waals surface area contributed by atoms with E-state index in [1.54, 1.807) is 17.9 Å². The second-order valence-corrected chi connectivity index (χ2v) is 6.99. The van der Waals surface area contributed by atoms with Gasteiger partial charge in [-0.3, -0.25) is 0 Å². The topological polar surface area (TPSA) is 17.1 Å². The van der Waals surface area contributed by atoms with Crippen LogP contribution >= 0.6 is 7.92 Å². The van der Waals surface area contributed by atoms with E-state index >= 15 is 0 Å². The van der Waals surface area contributed by atoms with Crippen LogP contribution in [0.5, 0.6) is 0 Å². The van der Waals surface area contributed by atoms with Crippen LogP contribution < -0.4 is 15.9 Å². The van der Waals surface area contributed by atoms with Gasteiger partial charge < -0.3 is 0 Å². The molecular formula is C19H16OPRh. The van der Waals surface area contributed by atoms with Crippen LogP contribution in [0.15, 0.2) is 91.0 Å². The van der Waals surface area contributed by atoms with Gasteiger partial charge in [0.05, 0.1) is 0 Å². The fourth-order valence-corrected chi connectivity index (χ4v) is 4.48. The monoisotopic (exact) mass is 394 g/mol. The summed E-state index contributed by atoms with van der Waals surface area (Å²) in [6.07, 6.45) is 0. The first-order chi connectivity index (χ1) is 10.9. The first-order valence-electron chi connectivity index (χ1n) is 6.78. The quantitative estimate of drug-likeness (QED) is 0.493. The molecule has 0 aromatic heterocycles. The molecule has 0 unspecified atom stereocenters. The van der Waals surface area contributed by atoms with Crippen molar-refractivity contribution in [2.75, 3.05) is 0 Å². The average Bonchev–Trinajstić information content (AvgIpc) is 2.59. The van der Waals surface area contributed by atoms with Crippen molar-refractivity contribution in [3.05, 3.63) is 91.0 Å². The minimum atomic E-state index is -0.446. The van der Waals surface area contributed by atoms with Gasteiger partial charge in [-0.15, -0.1) is 0 Å². The van der Waals surface area contributed by atoms with Crippen molar-refractivity contribution in [3.63, 3.8) is 0 Å². The molecule has 3 heteroatoms. The van der Waals surface area contributed by atoms with Crippen molar-refractivity contribution in [1.29, 1.82) is 0 Å². The minimum absolute atomic E-state index is 0.446. The molecule has 1 nitrogen and oxygen atoms in total. The van der Waals surface area contributed by atoms with Gasteiger partial charge >= 0.3 is 27.1 Å². The molecule has 0 N–H and O–H groups in total. The third kappa shape index (κ3) is 4.65. The zero-order chi connectivity index (χ0) is 15.6. The molecule has 0 atom stereocenters. The van der Waals surface area contributed by atoms with E-state index in [4.69, 9.17) is 4.79 Å². The summed E-state index contributed by atoms with van der Waals surface area (Å²) in [5, 5.41) is 4.19. The molecule has 0 saturated heterocycles. The second kappa shape index (κ2) is 9.34. The number of benzene rings is 3. The fraction of sp³-hybridized carbons (Fsp3) is 0. The molecule has 0 spiro atoms. The van der Waals surface area contributed by atoms with Gasteiger partial charge in [0.2, 0.25) is 0 Å². The SMILES string of the molecule is O=[C]=[RhH].c1ccc(P(c2ccccc2)c2ccccc2)cc1. The maximum absolute atomic E-state index is 8.65. The molecule has 0 aliphatic carbocycles. The molecule has 22 heavy (non-hydrogen) atoms.